The van der Waals surface area contributed by atoms with E-state index in [9.17, 15) is 58.3 Å². The van der Waals surface area contributed by atoms with Crippen LogP contribution in [0.2, 0.25) is 0 Å². The van der Waals surface area contributed by atoms with Crippen molar-refractivity contribution in [1.29, 1.82) is 0 Å². The molecule has 3 heterocycles. The van der Waals surface area contributed by atoms with Crippen LogP contribution in [-0.4, -0.2) is 32.0 Å². The first kappa shape index (κ1) is 43.1. The first-order chi connectivity index (χ1) is 28.3. The van der Waals surface area contributed by atoms with Gasteiger partial charge in [-0.15, -0.1) is 0 Å². The number of hydrogen-bond donors (Lipinski definition) is 2. The number of benzene rings is 4. The van der Waals surface area contributed by atoms with Crippen LogP contribution in [0.1, 0.15) is 42.3 Å². The van der Waals surface area contributed by atoms with E-state index in [-0.39, 0.29) is 42.7 Å². The summed E-state index contributed by atoms with van der Waals surface area (Å²) in [5.41, 5.74) is -3.72. The maximum absolute atomic E-state index is 13.9. The fraction of sp³-hybridized carbons (Fsp3) is 0.0526. The van der Waals surface area contributed by atoms with Crippen molar-refractivity contribution in [3.05, 3.63) is 149 Å². The van der Waals surface area contributed by atoms with Gasteiger partial charge in [0.1, 0.15) is 52.0 Å². The number of nitrogens with one attached hydrogen (secondary N) is 2. The summed E-state index contributed by atoms with van der Waals surface area (Å²) in [6.07, 6.45) is -6.62. The summed E-state index contributed by atoms with van der Waals surface area (Å²) in [6.45, 7) is 0. The summed E-state index contributed by atoms with van der Waals surface area (Å²) in [5.74, 6) is -6.66. The van der Waals surface area contributed by atoms with Crippen LogP contribution in [0.4, 0.5) is 54.2 Å². The van der Waals surface area contributed by atoms with Gasteiger partial charge < -0.3 is 4.42 Å². The van der Waals surface area contributed by atoms with E-state index in [0.717, 1.165) is 78.1 Å². The van der Waals surface area contributed by atoms with Crippen molar-refractivity contribution in [1.82, 2.24) is 15.0 Å². The minimum Gasteiger partial charge on any atom is -0.443 e. The number of halogens is 11. The number of nitrogens with zero attached hydrogens (tertiary/aromatic N) is 3. The van der Waals surface area contributed by atoms with Gasteiger partial charge in [-0.1, -0.05) is 59.1 Å². The van der Waals surface area contributed by atoms with Gasteiger partial charge in [0, 0.05) is 0 Å². The van der Waals surface area contributed by atoms with Crippen molar-refractivity contribution in [2.75, 3.05) is 10.6 Å². The molecule has 22 heteroatoms. The van der Waals surface area contributed by atoms with Crippen LogP contribution >= 0.6 is 34.3 Å². The van der Waals surface area contributed by atoms with E-state index in [1.54, 1.807) is 0 Å². The molecule has 0 fully saturated rings. The van der Waals surface area contributed by atoms with Crippen LogP contribution in [-0.2, 0) is 12.4 Å². The predicted molar refractivity (Wildman–Crippen MR) is 199 cm³/mol. The van der Waals surface area contributed by atoms with Crippen LogP contribution in [0.25, 0.3) is 32.5 Å². The van der Waals surface area contributed by atoms with Crippen LogP contribution < -0.4 is 10.6 Å². The smallest absolute Gasteiger partial charge is 0.416 e. The van der Waals surface area contributed by atoms with Gasteiger partial charge in [0.2, 0.25) is 5.89 Å². The molecule has 0 aliphatic heterocycles. The Labute approximate surface area is 342 Å². The molecule has 0 saturated carbocycles. The van der Waals surface area contributed by atoms with Gasteiger partial charge in [-0.3, -0.25) is 25.0 Å². The average molecular weight is 898 g/mol. The lowest BCUT2D eigenvalue weighted by Gasteiger charge is -2.08. The van der Waals surface area contributed by atoms with Gasteiger partial charge >= 0.3 is 12.4 Å². The number of hydrogen-bond acceptors (Lipinski definition) is 9. The van der Waals surface area contributed by atoms with E-state index in [1.807, 2.05) is 0 Å². The molecule has 4 aromatic carbocycles. The van der Waals surface area contributed by atoms with Gasteiger partial charge in [-0.25, -0.2) is 32.5 Å². The van der Waals surface area contributed by atoms with Crippen molar-refractivity contribution in [2.45, 2.75) is 12.4 Å². The van der Waals surface area contributed by atoms with Gasteiger partial charge in [0.15, 0.2) is 10.3 Å². The molecule has 7 rings (SSSR count). The molecule has 60 heavy (non-hydrogen) atoms. The quantitative estimate of drug-likeness (QED) is 0.115. The zero-order chi connectivity index (χ0) is 43.5. The molecule has 0 spiro atoms. The first-order valence-corrected chi connectivity index (χ1v) is 18.3. The number of aromatic nitrogens is 3. The van der Waals surface area contributed by atoms with E-state index in [2.05, 4.69) is 25.6 Å². The standard InChI is InChI=1S/C20H10F5N3O2S.C18H8ClF5N2O2S/c21-12-5-2-6-13(22)14(12)17(29)28-19-27-15(18-26-7-8-30-18)16(31-19)10-3-1-4-11(9-10)20(23,24)25;19-15(27)13-14(8-3-1-4-9(7-8)18(22,23)24)29-17(25-13)26-16(28)12-10(20)5-2-6-11(12)21/h1-9H,(H,27,28,29);1-7H,(H,25,26,28). The highest BCUT2D eigenvalue weighted by atomic mass is 35.5. The highest BCUT2D eigenvalue weighted by Gasteiger charge is 2.33. The van der Waals surface area contributed by atoms with E-state index < -0.39 is 80.6 Å². The fourth-order valence-corrected chi connectivity index (χ4v) is 7.27. The number of carbonyl (C=O) groups excluding carboxylic acids is 3. The predicted octanol–water partition coefficient (Wildman–Crippen LogP) is 11.8. The Bertz CT molecular complexity index is 2700. The number of amides is 2. The lowest BCUT2D eigenvalue weighted by Crippen LogP contribution is -2.15. The third-order valence-corrected chi connectivity index (χ3v) is 10.0. The lowest BCUT2D eigenvalue weighted by atomic mass is 10.1. The van der Waals surface area contributed by atoms with Crippen molar-refractivity contribution in [3.8, 4) is 32.5 Å². The number of anilines is 2. The largest absolute Gasteiger partial charge is 0.443 e. The average Bonchev–Trinajstić information content (AvgIpc) is 3.95. The topological polar surface area (TPSA) is 127 Å². The van der Waals surface area contributed by atoms with Crippen molar-refractivity contribution >= 4 is 61.6 Å². The number of rotatable bonds is 8. The van der Waals surface area contributed by atoms with E-state index in [4.69, 9.17) is 16.0 Å². The molecule has 0 aliphatic rings. The van der Waals surface area contributed by atoms with Crippen LogP contribution in [0.3, 0.4) is 0 Å². The summed E-state index contributed by atoms with van der Waals surface area (Å²) in [7, 11) is 0. The Balaban J connectivity index is 0.000000202. The van der Waals surface area contributed by atoms with Crippen molar-refractivity contribution in [3.63, 3.8) is 0 Å². The Morgan fingerprint density at radius 3 is 1.48 bits per heavy atom. The Hall–Kier alpha value is -6.45. The third kappa shape index (κ3) is 9.70. The molecular formula is C38H18ClF10N5O4S2. The molecule has 0 bridgehead atoms. The Kier molecular flexibility index (Phi) is 12.5. The molecule has 308 valence electrons. The van der Waals surface area contributed by atoms with Crippen LogP contribution in [0, 0.1) is 23.3 Å². The van der Waals surface area contributed by atoms with E-state index >= 15 is 0 Å². The van der Waals surface area contributed by atoms with Crippen LogP contribution in [0.15, 0.2) is 102 Å². The van der Waals surface area contributed by atoms with E-state index in [1.165, 1.54) is 30.7 Å². The summed E-state index contributed by atoms with van der Waals surface area (Å²) in [5, 5.41) is 2.95. The summed E-state index contributed by atoms with van der Waals surface area (Å²) in [6, 6.07) is 14.3. The van der Waals surface area contributed by atoms with Gasteiger partial charge in [-0.2, -0.15) is 26.3 Å². The molecule has 3 aromatic heterocycles. The maximum Gasteiger partial charge on any atom is 0.416 e. The second-order valence-corrected chi connectivity index (χ2v) is 14.1. The zero-order valence-corrected chi connectivity index (χ0v) is 31.6. The molecule has 0 aliphatic carbocycles. The first-order valence-electron chi connectivity index (χ1n) is 16.3. The molecule has 7 aromatic rings. The van der Waals surface area contributed by atoms with Crippen molar-refractivity contribution < 1.29 is 62.7 Å². The van der Waals surface area contributed by atoms with E-state index in [0.29, 0.717) is 11.3 Å². The molecular weight excluding hydrogens is 880 g/mol. The zero-order valence-electron chi connectivity index (χ0n) is 29.2. The summed E-state index contributed by atoms with van der Waals surface area (Å²) >= 11 is 6.90. The highest BCUT2D eigenvalue weighted by Crippen LogP contribution is 2.41. The monoisotopic (exact) mass is 897 g/mol. The SMILES string of the molecule is O=C(Cl)c1nc(NC(=O)c2c(F)cccc2F)sc1-c1cccc(C(F)(F)F)c1.O=C(Nc1nc(-c2ncco2)c(-c2cccc(C(F)(F)F)c2)s1)c1c(F)cccc1F. The minimum absolute atomic E-state index is 0.00114. The second kappa shape index (κ2) is 17.4. The second-order valence-electron chi connectivity index (χ2n) is 11.8. The number of carbonyl (C=O) groups is 3. The number of thiazole rings is 2. The molecule has 0 unspecified atom stereocenters. The number of alkyl halides is 6. The van der Waals surface area contributed by atoms with Crippen LogP contribution in [0.5, 0.6) is 0 Å². The molecule has 9 nitrogen and oxygen atoms in total. The van der Waals surface area contributed by atoms with Gasteiger partial charge in [0.25, 0.3) is 17.1 Å². The minimum atomic E-state index is -4.62. The highest BCUT2D eigenvalue weighted by molar-refractivity contribution is 7.20. The fourth-order valence-electron chi connectivity index (χ4n) is 5.18. The normalized spacial score (nSPS) is 11.4. The summed E-state index contributed by atoms with van der Waals surface area (Å²) < 4.78 is 139. The maximum atomic E-state index is 13.9. The number of oxazole rings is 1. The Morgan fingerprint density at radius 1 is 0.617 bits per heavy atom. The summed E-state index contributed by atoms with van der Waals surface area (Å²) in [4.78, 5) is 48.3. The molecule has 2 N–H and O–H groups in total. The Morgan fingerprint density at radius 2 is 1.05 bits per heavy atom. The molecule has 0 atom stereocenters. The third-order valence-electron chi connectivity index (χ3n) is 7.80. The van der Waals surface area contributed by atoms with Crippen molar-refractivity contribution in [2.24, 2.45) is 0 Å². The molecule has 0 saturated heterocycles. The van der Waals surface area contributed by atoms with Gasteiger partial charge in [-0.05, 0) is 71.3 Å². The lowest BCUT2D eigenvalue weighted by molar-refractivity contribution is -0.138. The molecule has 2 amide bonds. The molecule has 0 radical (unpaired) electrons. The van der Waals surface area contributed by atoms with Gasteiger partial charge in [0.05, 0.1) is 27.1 Å².